The Bertz CT molecular complexity index is 681. The van der Waals surface area contributed by atoms with E-state index in [1.54, 1.807) is 0 Å². The number of carbonyl (C=O) groups is 2. The van der Waals surface area contributed by atoms with E-state index in [0.29, 0.717) is 19.5 Å². The van der Waals surface area contributed by atoms with E-state index in [0.717, 1.165) is 51.4 Å². The zero-order chi connectivity index (χ0) is 17.9. The van der Waals surface area contributed by atoms with Crippen molar-refractivity contribution >= 4 is 11.8 Å². The lowest BCUT2D eigenvalue weighted by molar-refractivity contribution is -0.139. The average molecular weight is 346 g/mol. The molecule has 136 valence electrons. The van der Waals surface area contributed by atoms with Crippen LogP contribution in [0.3, 0.4) is 0 Å². The first kappa shape index (κ1) is 17.6. The van der Waals surface area contributed by atoms with Crippen molar-refractivity contribution in [3.8, 4) is 0 Å². The number of amides is 2. The summed E-state index contributed by atoms with van der Waals surface area (Å²) < 4.78 is 0. The highest BCUT2D eigenvalue weighted by Crippen LogP contribution is 2.39. The van der Waals surface area contributed by atoms with E-state index in [1.807, 2.05) is 9.80 Å². The molecule has 1 aromatic rings. The molecule has 7 heteroatoms. The van der Waals surface area contributed by atoms with E-state index in [-0.39, 0.29) is 28.5 Å². The van der Waals surface area contributed by atoms with Gasteiger partial charge in [0, 0.05) is 44.2 Å². The van der Waals surface area contributed by atoms with E-state index in [2.05, 4.69) is 16.9 Å². The summed E-state index contributed by atoms with van der Waals surface area (Å²) in [6.45, 7) is 5.04. The topological polar surface area (TPSA) is 86.4 Å². The number of nitrogens with zero attached hydrogens (tertiary/aromatic N) is 3. The van der Waals surface area contributed by atoms with Crippen LogP contribution in [0.5, 0.6) is 0 Å². The number of hydrogen-bond donors (Lipinski definition) is 1. The lowest BCUT2D eigenvalue weighted by Crippen LogP contribution is -2.55. The SMILES string of the molecule is CCCCN1C[C@]2(CCCN(C(=O)c3c[nH]c(=O)cn3)C2)CCC1=O. The number of hydrogen-bond acceptors (Lipinski definition) is 4. The van der Waals surface area contributed by atoms with Gasteiger partial charge in [0.1, 0.15) is 5.69 Å². The molecule has 0 saturated carbocycles. The van der Waals surface area contributed by atoms with Gasteiger partial charge in [0.25, 0.3) is 11.5 Å². The molecular formula is C18H26N4O3. The minimum absolute atomic E-state index is 0.00223. The average Bonchev–Trinajstić information content (AvgIpc) is 2.63. The summed E-state index contributed by atoms with van der Waals surface area (Å²) >= 11 is 0. The van der Waals surface area contributed by atoms with Crippen LogP contribution in [0.15, 0.2) is 17.2 Å². The molecule has 2 saturated heterocycles. The van der Waals surface area contributed by atoms with Gasteiger partial charge in [-0.3, -0.25) is 14.4 Å². The van der Waals surface area contributed by atoms with Gasteiger partial charge in [0.15, 0.2) is 0 Å². The van der Waals surface area contributed by atoms with E-state index < -0.39 is 0 Å². The molecule has 2 amide bonds. The second-order valence-corrected chi connectivity index (χ2v) is 7.30. The van der Waals surface area contributed by atoms with Crippen LogP contribution in [0.1, 0.15) is 55.9 Å². The van der Waals surface area contributed by atoms with Crippen molar-refractivity contribution in [2.75, 3.05) is 26.2 Å². The maximum absolute atomic E-state index is 12.7. The number of aromatic nitrogens is 2. The largest absolute Gasteiger partial charge is 0.342 e. The number of unbranched alkanes of at least 4 members (excludes halogenated alkanes) is 1. The fourth-order valence-corrected chi connectivity index (χ4v) is 3.99. The number of piperidine rings is 2. The predicted octanol–water partition coefficient (Wildman–Crippen LogP) is 1.41. The smallest absolute Gasteiger partial charge is 0.273 e. The highest BCUT2D eigenvalue weighted by Gasteiger charge is 2.42. The Morgan fingerprint density at radius 3 is 2.88 bits per heavy atom. The van der Waals surface area contributed by atoms with Crippen LogP contribution in [-0.4, -0.2) is 57.8 Å². The number of likely N-dealkylation sites (tertiary alicyclic amines) is 2. The monoisotopic (exact) mass is 346 g/mol. The fraction of sp³-hybridized carbons (Fsp3) is 0.667. The Balaban J connectivity index is 1.71. The summed E-state index contributed by atoms with van der Waals surface area (Å²) in [4.78, 5) is 46.3. The minimum atomic E-state index is -0.316. The number of rotatable bonds is 4. The number of carbonyl (C=O) groups excluding carboxylic acids is 2. The van der Waals surface area contributed by atoms with Gasteiger partial charge in [0.2, 0.25) is 5.91 Å². The molecule has 0 radical (unpaired) electrons. The van der Waals surface area contributed by atoms with Crippen LogP contribution in [0.4, 0.5) is 0 Å². The molecule has 2 aliphatic rings. The molecule has 1 atom stereocenters. The van der Waals surface area contributed by atoms with Crippen LogP contribution < -0.4 is 5.56 Å². The quantitative estimate of drug-likeness (QED) is 0.893. The first-order chi connectivity index (χ1) is 12.0. The third-order valence-corrected chi connectivity index (χ3v) is 5.37. The number of H-pyrrole nitrogens is 1. The van der Waals surface area contributed by atoms with Crippen LogP contribution >= 0.6 is 0 Å². The van der Waals surface area contributed by atoms with Gasteiger partial charge >= 0.3 is 0 Å². The van der Waals surface area contributed by atoms with Gasteiger partial charge in [-0.15, -0.1) is 0 Å². The van der Waals surface area contributed by atoms with Crippen LogP contribution in [0, 0.1) is 5.41 Å². The van der Waals surface area contributed by atoms with Crippen LogP contribution in [0.2, 0.25) is 0 Å². The maximum Gasteiger partial charge on any atom is 0.273 e. The maximum atomic E-state index is 12.7. The molecular weight excluding hydrogens is 320 g/mol. The van der Waals surface area contributed by atoms with Gasteiger partial charge in [-0.1, -0.05) is 13.3 Å². The molecule has 2 aliphatic heterocycles. The first-order valence-corrected chi connectivity index (χ1v) is 9.15. The van der Waals surface area contributed by atoms with E-state index >= 15 is 0 Å². The fourth-order valence-electron chi connectivity index (χ4n) is 3.99. The standard InChI is InChI=1S/C18H26N4O3/c1-2-3-8-21-12-18(7-5-16(21)24)6-4-9-22(13-18)17(25)14-10-20-15(23)11-19-14/h10-11H,2-9,12-13H2,1H3,(H,20,23)/t18-/m0/s1. The number of aromatic amines is 1. The van der Waals surface area contributed by atoms with E-state index in [1.165, 1.54) is 6.20 Å². The van der Waals surface area contributed by atoms with Gasteiger partial charge in [-0.05, 0) is 25.7 Å². The van der Waals surface area contributed by atoms with Gasteiger partial charge < -0.3 is 14.8 Å². The molecule has 0 unspecified atom stereocenters. The van der Waals surface area contributed by atoms with Crippen molar-refractivity contribution in [3.05, 3.63) is 28.4 Å². The Hall–Kier alpha value is -2.18. The molecule has 1 spiro atoms. The summed E-state index contributed by atoms with van der Waals surface area (Å²) in [5.41, 5.74) is -0.0482. The Labute approximate surface area is 147 Å². The summed E-state index contributed by atoms with van der Waals surface area (Å²) in [6, 6.07) is 0. The molecule has 25 heavy (non-hydrogen) atoms. The van der Waals surface area contributed by atoms with Gasteiger partial charge in [-0.2, -0.15) is 0 Å². The third-order valence-electron chi connectivity index (χ3n) is 5.37. The second-order valence-electron chi connectivity index (χ2n) is 7.30. The van der Waals surface area contributed by atoms with Crippen molar-refractivity contribution in [2.45, 2.75) is 45.4 Å². The molecule has 0 aromatic carbocycles. The van der Waals surface area contributed by atoms with Crippen molar-refractivity contribution in [1.82, 2.24) is 19.8 Å². The zero-order valence-electron chi connectivity index (χ0n) is 14.8. The lowest BCUT2D eigenvalue weighted by atomic mass is 9.73. The molecule has 7 nitrogen and oxygen atoms in total. The van der Waals surface area contributed by atoms with Crippen molar-refractivity contribution < 1.29 is 9.59 Å². The van der Waals surface area contributed by atoms with E-state index in [4.69, 9.17) is 0 Å². The Kier molecular flexibility index (Phi) is 5.20. The molecule has 3 rings (SSSR count). The normalized spacial score (nSPS) is 24.0. The van der Waals surface area contributed by atoms with Crippen LogP contribution in [0.25, 0.3) is 0 Å². The summed E-state index contributed by atoms with van der Waals surface area (Å²) in [5, 5.41) is 0. The third kappa shape index (κ3) is 3.91. The van der Waals surface area contributed by atoms with Crippen molar-refractivity contribution in [1.29, 1.82) is 0 Å². The lowest BCUT2D eigenvalue weighted by Gasteiger charge is -2.48. The summed E-state index contributed by atoms with van der Waals surface area (Å²) in [7, 11) is 0. The highest BCUT2D eigenvalue weighted by molar-refractivity contribution is 5.92. The van der Waals surface area contributed by atoms with Gasteiger partial charge in [0.05, 0.1) is 6.20 Å². The summed E-state index contributed by atoms with van der Waals surface area (Å²) in [5.74, 6) is 0.0946. The minimum Gasteiger partial charge on any atom is -0.342 e. The molecule has 1 aromatic heterocycles. The second kappa shape index (κ2) is 7.37. The summed E-state index contributed by atoms with van der Waals surface area (Å²) in [6.07, 6.45) is 8.00. The molecule has 2 fully saturated rings. The zero-order valence-corrected chi connectivity index (χ0v) is 14.8. The molecule has 0 bridgehead atoms. The first-order valence-electron chi connectivity index (χ1n) is 9.15. The Morgan fingerprint density at radius 1 is 1.32 bits per heavy atom. The predicted molar refractivity (Wildman–Crippen MR) is 93.2 cm³/mol. The number of nitrogens with one attached hydrogen (secondary N) is 1. The van der Waals surface area contributed by atoms with Crippen molar-refractivity contribution in [2.24, 2.45) is 5.41 Å². The highest BCUT2D eigenvalue weighted by atomic mass is 16.2. The molecule has 0 aliphatic carbocycles. The molecule has 3 heterocycles. The van der Waals surface area contributed by atoms with Crippen LogP contribution in [-0.2, 0) is 4.79 Å². The van der Waals surface area contributed by atoms with E-state index in [9.17, 15) is 14.4 Å². The molecule has 1 N–H and O–H groups in total. The van der Waals surface area contributed by atoms with Crippen molar-refractivity contribution in [3.63, 3.8) is 0 Å². The van der Waals surface area contributed by atoms with Gasteiger partial charge in [-0.25, -0.2) is 4.98 Å². The Morgan fingerprint density at radius 2 is 2.16 bits per heavy atom.